The van der Waals surface area contributed by atoms with Crippen LogP contribution in [-0.2, 0) is 11.2 Å². The Hall–Kier alpha value is -4.72. The number of aromatic nitrogens is 2. The number of nitrogens with one attached hydrogen (secondary N) is 3. The SMILES string of the molecule is O=C(O)c1cccc2c1OB(O)[C@@H](NC(=O)C(NC(=O)c1c[nH]ccc1=O)c1ncc(O)cc1F)C2. The Labute approximate surface area is 201 Å². The van der Waals surface area contributed by atoms with Gasteiger partial charge < -0.3 is 35.5 Å². The van der Waals surface area contributed by atoms with Crippen molar-refractivity contribution in [2.24, 2.45) is 0 Å². The first-order valence-corrected chi connectivity index (χ1v) is 10.5. The molecule has 3 aromatic rings. The minimum atomic E-state index is -1.78. The van der Waals surface area contributed by atoms with Gasteiger partial charge in [0.05, 0.1) is 17.7 Å². The lowest BCUT2D eigenvalue weighted by Crippen LogP contribution is -2.55. The number of halogens is 1. The molecule has 184 valence electrons. The van der Waals surface area contributed by atoms with Crippen molar-refractivity contribution in [3.63, 3.8) is 0 Å². The highest BCUT2D eigenvalue weighted by atomic mass is 19.1. The van der Waals surface area contributed by atoms with Crippen LogP contribution in [0.2, 0.25) is 0 Å². The zero-order valence-electron chi connectivity index (χ0n) is 18.3. The third-order valence-electron chi connectivity index (χ3n) is 5.41. The van der Waals surface area contributed by atoms with Crippen LogP contribution in [0.15, 0.2) is 53.7 Å². The molecule has 0 saturated heterocycles. The molecular weight excluding hydrogens is 478 g/mol. The average molecular weight is 496 g/mol. The minimum absolute atomic E-state index is 0.0477. The fraction of sp³-hybridized carbons (Fsp3) is 0.136. The van der Waals surface area contributed by atoms with Gasteiger partial charge in [0, 0.05) is 24.5 Å². The molecule has 0 bridgehead atoms. The van der Waals surface area contributed by atoms with Crippen LogP contribution in [0.4, 0.5) is 4.39 Å². The second-order valence-corrected chi connectivity index (χ2v) is 7.82. The number of H-pyrrole nitrogens is 1. The Morgan fingerprint density at radius 2 is 2.03 bits per heavy atom. The number of aromatic hydroxyl groups is 1. The zero-order valence-corrected chi connectivity index (χ0v) is 18.3. The number of para-hydroxylation sites is 1. The van der Waals surface area contributed by atoms with Gasteiger partial charge in [-0.1, -0.05) is 12.1 Å². The minimum Gasteiger partial charge on any atom is -0.534 e. The number of rotatable bonds is 6. The second-order valence-electron chi connectivity index (χ2n) is 7.82. The standard InChI is InChI=1S/C22H18BFN4O8/c24-14-7-11(29)8-26-17(14)18(28-20(31)13-9-25-5-4-15(13)30)21(32)27-16-6-10-2-1-3-12(22(33)34)19(10)36-23(16)35/h1-5,7-9,16,18,29,35H,6H2,(H,25,30)(H,27,32)(H,28,31)(H,33,34)/t16-,18?/m0/s1. The van der Waals surface area contributed by atoms with Gasteiger partial charge in [0.1, 0.15) is 22.8 Å². The molecule has 1 unspecified atom stereocenters. The predicted octanol–water partition coefficient (Wildman–Crippen LogP) is -0.0765. The van der Waals surface area contributed by atoms with Crippen molar-refractivity contribution in [2.75, 3.05) is 0 Å². The summed E-state index contributed by atoms with van der Waals surface area (Å²) in [6, 6.07) is 4.31. The number of hydrogen-bond donors (Lipinski definition) is 6. The van der Waals surface area contributed by atoms with Crippen LogP contribution in [-0.4, -0.2) is 56.0 Å². The highest BCUT2D eigenvalue weighted by molar-refractivity contribution is 6.47. The summed E-state index contributed by atoms with van der Waals surface area (Å²) in [5.41, 5.74) is -1.37. The average Bonchev–Trinajstić information content (AvgIpc) is 2.83. The third kappa shape index (κ3) is 4.88. The molecule has 14 heteroatoms. The summed E-state index contributed by atoms with van der Waals surface area (Å²) in [7, 11) is -1.67. The summed E-state index contributed by atoms with van der Waals surface area (Å²) >= 11 is 0. The van der Waals surface area contributed by atoms with E-state index in [1.54, 1.807) is 6.07 Å². The molecule has 12 nitrogen and oxygen atoms in total. The van der Waals surface area contributed by atoms with Crippen molar-refractivity contribution in [2.45, 2.75) is 18.4 Å². The lowest BCUT2D eigenvalue weighted by molar-refractivity contribution is -0.123. The smallest absolute Gasteiger partial charge is 0.534 e. The lowest BCUT2D eigenvalue weighted by atomic mass is 9.72. The van der Waals surface area contributed by atoms with Crippen molar-refractivity contribution in [3.8, 4) is 11.5 Å². The molecule has 0 spiro atoms. The number of aromatic amines is 1. The van der Waals surface area contributed by atoms with Gasteiger partial charge in [-0.2, -0.15) is 0 Å². The molecule has 1 aromatic carbocycles. The molecule has 0 saturated carbocycles. The fourth-order valence-corrected chi connectivity index (χ4v) is 3.69. The normalized spacial score (nSPS) is 15.3. The summed E-state index contributed by atoms with van der Waals surface area (Å²) in [6.07, 6.45) is 3.21. The fourth-order valence-electron chi connectivity index (χ4n) is 3.69. The molecule has 6 N–H and O–H groups in total. The topological polar surface area (TPSA) is 191 Å². The lowest BCUT2D eigenvalue weighted by Gasteiger charge is -2.30. The van der Waals surface area contributed by atoms with Crippen LogP contribution < -0.4 is 20.7 Å². The van der Waals surface area contributed by atoms with E-state index >= 15 is 0 Å². The number of fused-ring (bicyclic) bond motifs is 1. The van der Waals surface area contributed by atoms with Crippen LogP contribution in [0, 0.1) is 5.82 Å². The van der Waals surface area contributed by atoms with Gasteiger partial charge in [0.15, 0.2) is 17.3 Å². The maximum Gasteiger partial charge on any atom is 0.547 e. The predicted molar refractivity (Wildman–Crippen MR) is 121 cm³/mol. The largest absolute Gasteiger partial charge is 0.547 e. The molecule has 0 radical (unpaired) electrons. The Kier molecular flexibility index (Phi) is 6.70. The Bertz CT molecular complexity index is 1410. The quantitative estimate of drug-likeness (QED) is 0.254. The number of pyridine rings is 2. The van der Waals surface area contributed by atoms with E-state index in [1.165, 1.54) is 18.3 Å². The first kappa shape index (κ1) is 24.4. The van der Waals surface area contributed by atoms with Crippen LogP contribution in [0.5, 0.6) is 11.5 Å². The number of carboxylic acids is 1. The van der Waals surface area contributed by atoms with Crippen LogP contribution in [0.1, 0.15) is 38.0 Å². The van der Waals surface area contributed by atoms with E-state index in [0.29, 0.717) is 11.6 Å². The Morgan fingerprint density at radius 1 is 1.25 bits per heavy atom. The summed E-state index contributed by atoms with van der Waals surface area (Å²) in [5.74, 6) is -6.11. The molecule has 2 aromatic heterocycles. The molecular formula is C22H18BFN4O8. The highest BCUT2D eigenvalue weighted by Gasteiger charge is 2.40. The summed E-state index contributed by atoms with van der Waals surface area (Å²) in [5, 5.41) is 33.9. The zero-order chi connectivity index (χ0) is 26.0. The number of carbonyl (C=O) groups is 3. The van der Waals surface area contributed by atoms with Gasteiger partial charge in [-0.25, -0.2) is 9.18 Å². The van der Waals surface area contributed by atoms with Crippen LogP contribution in [0.25, 0.3) is 0 Å². The molecule has 2 atom stereocenters. The van der Waals surface area contributed by atoms with Gasteiger partial charge in [0.2, 0.25) is 5.91 Å². The van der Waals surface area contributed by atoms with E-state index in [0.717, 1.165) is 18.5 Å². The van der Waals surface area contributed by atoms with Gasteiger partial charge in [-0.15, -0.1) is 0 Å². The summed E-state index contributed by atoms with van der Waals surface area (Å²) in [4.78, 5) is 55.6. The summed E-state index contributed by atoms with van der Waals surface area (Å²) < 4.78 is 19.9. The number of amides is 2. The van der Waals surface area contributed by atoms with E-state index in [1.807, 2.05) is 0 Å². The summed E-state index contributed by atoms with van der Waals surface area (Å²) in [6.45, 7) is 0. The Morgan fingerprint density at radius 3 is 2.72 bits per heavy atom. The molecule has 2 amide bonds. The maximum absolute atomic E-state index is 14.6. The monoisotopic (exact) mass is 496 g/mol. The van der Waals surface area contributed by atoms with Crippen molar-refractivity contribution in [1.29, 1.82) is 0 Å². The van der Waals surface area contributed by atoms with Gasteiger partial charge in [0.25, 0.3) is 5.91 Å². The van der Waals surface area contributed by atoms with Crippen LogP contribution in [0.3, 0.4) is 0 Å². The molecule has 0 aliphatic carbocycles. The Balaban J connectivity index is 1.62. The molecule has 1 aliphatic rings. The molecule has 1 aliphatic heterocycles. The van der Waals surface area contributed by atoms with Gasteiger partial charge >= 0.3 is 13.1 Å². The second kappa shape index (κ2) is 9.87. The van der Waals surface area contributed by atoms with E-state index in [2.05, 4.69) is 20.6 Å². The maximum atomic E-state index is 14.6. The molecule has 36 heavy (non-hydrogen) atoms. The third-order valence-corrected chi connectivity index (χ3v) is 5.41. The van der Waals surface area contributed by atoms with Crippen molar-refractivity contribution < 1.29 is 38.7 Å². The van der Waals surface area contributed by atoms with E-state index < -0.39 is 59.6 Å². The van der Waals surface area contributed by atoms with Crippen molar-refractivity contribution in [3.05, 3.63) is 87.3 Å². The van der Waals surface area contributed by atoms with Gasteiger partial charge in [-0.05, 0) is 18.1 Å². The molecule has 0 fully saturated rings. The van der Waals surface area contributed by atoms with E-state index in [9.17, 15) is 38.8 Å². The van der Waals surface area contributed by atoms with E-state index in [4.69, 9.17) is 4.65 Å². The first-order valence-electron chi connectivity index (χ1n) is 10.5. The van der Waals surface area contributed by atoms with E-state index in [-0.39, 0.29) is 23.3 Å². The number of carbonyl (C=O) groups excluding carboxylic acids is 2. The van der Waals surface area contributed by atoms with Crippen molar-refractivity contribution in [1.82, 2.24) is 20.6 Å². The molecule has 3 heterocycles. The number of aromatic carboxylic acids is 1. The number of benzene rings is 1. The first-order chi connectivity index (χ1) is 17.2. The number of carboxylic acid groups (broad SMARTS) is 1. The van der Waals surface area contributed by atoms with Crippen molar-refractivity contribution >= 4 is 24.9 Å². The molecule has 4 rings (SSSR count). The van der Waals surface area contributed by atoms with Crippen LogP contribution >= 0.6 is 0 Å². The highest BCUT2D eigenvalue weighted by Crippen LogP contribution is 2.30. The number of hydrogen-bond acceptors (Lipinski definition) is 8. The van der Waals surface area contributed by atoms with Gasteiger partial charge in [-0.3, -0.25) is 19.4 Å². The number of nitrogens with zero attached hydrogens (tertiary/aromatic N) is 1.